The van der Waals surface area contributed by atoms with Crippen molar-refractivity contribution in [3.05, 3.63) is 69.1 Å². The smallest absolute Gasteiger partial charge is 0.267 e. The largest absolute Gasteiger partial charge is 0.359 e. The molecule has 0 bridgehead atoms. The highest BCUT2D eigenvalue weighted by atomic mass is 35.5. The third-order valence-electron chi connectivity index (χ3n) is 5.14. The van der Waals surface area contributed by atoms with Crippen LogP contribution in [0.15, 0.2) is 41.8 Å². The van der Waals surface area contributed by atoms with Crippen LogP contribution in [0.25, 0.3) is 27.6 Å². The number of halogens is 3. The molecule has 1 aromatic carbocycles. The summed E-state index contributed by atoms with van der Waals surface area (Å²) in [5, 5.41) is 10.8. The quantitative estimate of drug-likeness (QED) is 0.349. The summed E-state index contributed by atoms with van der Waals surface area (Å²) in [6.07, 6.45) is 6.09. The Morgan fingerprint density at radius 2 is 2.00 bits per heavy atom. The van der Waals surface area contributed by atoms with E-state index in [1.54, 1.807) is 18.3 Å². The van der Waals surface area contributed by atoms with Crippen LogP contribution in [0.4, 0.5) is 10.2 Å². The molecular formula is C20H15Cl2FN8O. The van der Waals surface area contributed by atoms with Gasteiger partial charge in [-0.05, 0) is 18.6 Å². The Balaban J connectivity index is 1.76. The zero-order valence-corrected chi connectivity index (χ0v) is 18.0. The van der Waals surface area contributed by atoms with Gasteiger partial charge in [0.05, 0.1) is 44.3 Å². The fraction of sp³-hybridized carbons (Fsp3) is 0.150. The van der Waals surface area contributed by atoms with Gasteiger partial charge in [-0.2, -0.15) is 5.10 Å². The molecule has 0 spiro atoms. The second-order valence-electron chi connectivity index (χ2n) is 7.01. The molecule has 0 fully saturated rings. The first-order valence-electron chi connectivity index (χ1n) is 9.63. The maximum absolute atomic E-state index is 14.4. The van der Waals surface area contributed by atoms with Gasteiger partial charge in [0.2, 0.25) is 0 Å². The highest BCUT2D eigenvalue weighted by molar-refractivity contribution is 6.39. The summed E-state index contributed by atoms with van der Waals surface area (Å²) in [7, 11) is 0. The molecule has 4 heterocycles. The van der Waals surface area contributed by atoms with E-state index in [2.05, 4.69) is 30.5 Å². The predicted molar refractivity (Wildman–Crippen MR) is 120 cm³/mol. The summed E-state index contributed by atoms with van der Waals surface area (Å²) in [6.45, 7) is 1.90. The van der Waals surface area contributed by atoms with Gasteiger partial charge < -0.3 is 10.3 Å². The molecule has 4 aromatic heterocycles. The summed E-state index contributed by atoms with van der Waals surface area (Å²) >= 11 is 12.7. The first kappa shape index (κ1) is 20.4. The SMILES string of the molecule is CC[C@H](Nc1ncnc2[nH]cc(F)c12)c1nc2c(Cl)ccc(Cl)c2c(=O)n1-c1cn[nH]c1. The molecule has 0 radical (unpaired) electrons. The maximum Gasteiger partial charge on any atom is 0.267 e. The second kappa shape index (κ2) is 7.88. The molecule has 0 unspecified atom stereocenters. The topological polar surface area (TPSA) is 117 Å². The van der Waals surface area contributed by atoms with Crippen molar-refractivity contribution < 1.29 is 4.39 Å². The number of hydrogen-bond acceptors (Lipinski definition) is 6. The molecule has 3 N–H and O–H groups in total. The Labute approximate surface area is 189 Å². The lowest BCUT2D eigenvalue weighted by atomic mass is 10.1. The minimum absolute atomic E-state index is 0.195. The van der Waals surface area contributed by atoms with Gasteiger partial charge in [0.25, 0.3) is 5.56 Å². The standard InChI is InChI=1S/C20H15Cl2FN8O/c1-2-13(29-18-15-12(23)7-24-17(15)25-8-26-18)19-30-16-11(22)4-3-10(21)14(16)20(32)31(19)9-5-27-28-6-9/h3-8,13H,2H2,1H3,(H,27,28)(H2,24,25,26,29)/t13-/m0/s1. The minimum Gasteiger partial charge on any atom is -0.359 e. The number of anilines is 1. The molecule has 0 aliphatic carbocycles. The van der Waals surface area contributed by atoms with Crippen LogP contribution in [0.3, 0.4) is 0 Å². The third kappa shape index (κ3) is 3.19. The van der Waals surface area contributed by atoms with E-state index in [1.165, 1.54) is 23.3 Å². The molecule has 0 amide bonds. The van der Waals surface area contributed by atoms with E-state index in [4.69, 9.17) is 28.2 Å². The summed E-state index contributed by atoms with van der Waals surface area (Å²) in [5.74, 6) is 0.121. The van der Waals surface area contributed by atoms with Crippen LogP contribution < -0.4 is 10.9 Å². The number of aromatic amines is 2. The van der Waals surface area contributed by atoms with E-state index in [1.807, 2.05) is 6.92 Å². The van der Waals surface area contributed by atoms with Crippen molar-refractivity contribution in [2.24, 2.45) is 0 Å². The van der Waals surface area contributed by atoms with Crippen molar-refractivity contribution in [3.8, 4) is 5.69 Å². The Kier molecular flexibility index (Phi) is 5.03. The second-order valence-corrected chi connectivity index (χ2v) is 7.82. The van der Waals surface area contributed by atoms with E-state index in [9.17, 15) is 9.18 Å². The van der Waals surface area contributed by atoms with Crippen molar-refractivity contribution >= 4 is 51.0 Å². The molecule has 0 aliphatic heterocycles. The van der Waals surface area contributed by atoms with E-state index < -0.39 is 17.4 Å². The molecule has 12 heteroatoms. The molecule has 32 heavy (non-hydrogen) atoms. The molecule has 0 saturated heterocycles. The highest BCUT2D eigenvalue weighted by Gasteiger charge is 2.24. The summed E-state index contributed by atoms with van der Waals surface area (Å²) in [4.78, 5) is 29.2. The van der Waals surface area contributed by atoms with Gasteiger partial charge in [0.15, 0.2) is 5.82 Å². The van der Waals surface area contributed by atoms with Gasteiger partial charge in [-0.3, -0.25) is 14.5 Å². The molecule has 1 atom stereocenters. The normalized spacial score (nSPS) is 12.5. The maximum atomic E-state index is 14.4. The monoisotopic (exact) mass is 472 g/mol. The molecule has 0 saturated carbocycles. The number of nitrogens with one attached hydrogen (secondary N) is 3. The van der Waals surface area contributed by atoms with Crippen molar-refractivity contribution in [2.75, 3.05) is 5.32 Å². The summed E-state index contributed by atoms with van der Waals surface area (Å²) in [6, 6.07) is 2.60. The van der Waals surface area contributed by atoms with Gasteiger partial charge in [0.1, 0.15) is 23.6 Å². The lowest BCUT2D eigenvalue weighted by Crippen LogP contribution is -2.28. The molecule has 9 nitrogen and oxygen atoms in total. The average Bonchev–Trinajstić information content (AvgIpc) is 3.45. The van der Waals surface area contributed by atoms with Gasteiger partial charge >= 0.3 is 0 Å². The molecule has 162 valence electrons. The molecular weight excluding hydrogens is 458 g/mol. The third-order valence-corrected chi connectivity index (χ3v) is 5.76. The van der Waals surface area contributed by atoms with Gasteiger partial charge in [-0.1, -0.05) is 30.1 Å². The Morgan fingerprint density at radius 3 is 2.75 bits per heavy atom. The van der Waals surface area contributed by atoms with E-state index in [0.29, 0.717) is 23.6 Å². The number of nitrogens with zero attached hydrogens (tertiary/aromatic N) is 5. The minimum atomic E-state index is -0.538. The van der Waals surface area contributed by atoms with Gasteiger partial charge in [-0.25, -0.2) is 19.3 Å². The zero-order valence-electron chi connectivity index (χ0n) is 16.5. The van der Waals surface area contributed by atoms with Crippen molar-refractivity contribution in [1.82, 2.24) is 34.7 Å². The van der Waals surface area contributed by atoms with E-state index in [-0.39, 0.29) is 32.2 Å². The van der Waals surface area contributed by atoms with Crippen LogP contribution in [-0.4, -0.2) is 34.7 Å². The number of fused-ring (bicyclic) bond motifs is 2. The lowest BCUT2D eigenvalue weighted by molar-refractivity contribution is 0.636. The fourth-order valence-corrected chi connectivity index (χ4v) is 4.07. The van der Waals surface area contributed by atoms with Crippen LogP contribution in [0, 0.1) is 5.82 Å². The fourth-order valence-electron chi connectivity index (χ4n) is 3.63. The number of rotatable bonds is 5. The molecule has 5 rings (SSSR count). The predicted octanol–water partition coefficient (Wildman–Crippen LogP) is 4.39. The Bertz CT molecular complexity index is 1510. The van der Waals surface area contributed by atoms with Gasteiger partial charge in [-0.15, -0.1) is 0 Å². The number of aromatic nitrogens is 7. The van der Waals surface area contributed by atoms with Crippen LogP contribution in [0.5, 0.6) is 0 Å². The van der Waals surface area contributed by atoms with Crippen molar-refractivity contribution in [2.45, 2.75) is 19.4 Å². The van der Waals surface area contributed by atoms with E-state index in [0.717, 1.165) is 0 Å². The zero-order chi connectivity index (χ0) is 22.4. The van der Waals surface area contributed by atoms with Crippen LogP contribution in [-0.2, 0) is 0 Å². The van der Waals surface area contributed by atoms with Gasteiger partial charge in [0, 0.05) is 12.4 Å². The van der Waals surface area contributed by atoms with E-state index >= 15 is 0 Å². The summed E-state index contributed by atoms with van der Waals surface area (Å²) < 4.78 is 15.8. The Morgan fingerprint density at radius 1 is 1.19 bits per heavy atom. The average molecular weight is 473 g/mol. The summed E-state index contributed by atoms with van der Waals surface area (Å²) in [5.41, 5.74) is 0.694. The first-order valence-corrected chi connectivity index (χ1v) is 10.4. The van der Waals surface area contributed by atoms with Crippen LogP contribution >= 0.6 is 23.2 Å². The van der Waals surface area contributed by atoms with Crippen LogP contribution in [0.1, 0.15) is 25.2 Å². The van der Waals surface area contributed by atoms with Crippen molar-refractivity contribution in [1.29, 1.82) is 0 Å². The van der Waals surface area contributed by atoms with Crippen molar-refractivity contribution in [3.63, 3.8) is 0 Å². The first-order chi connectivity index (χ1) is 15.5. The lowest BCUT2D eigenvalue weighted by Gasteiger charge is -2.22. The highest BCUT2D eigenvalue weighted by Crippen LogP contribution is 2.31. The number of H-pyrrole nitrogens is 2. The molecule has 5 aromatic rings. The molecule has 0 aliphatic rings. The Hall–Kier alpha value is -3.50. The number of benzene rings is 1. The number of hydrogen-bond donors (Lipinski definition) is 3. The van der Waals surface area contributed by atoms with Crippen LogP contribution in [0.2, 0.25) is 10.0 Å².